The van der Waals surface area contributed by atoms with Crippen molar-refractivity contribution in [3.63, 3.8) is 0 Å². The first-order valence-electron chi connectivity index (χ1n) is 3.56. The highest BCUT2D eigenvalue weighted by atomic mass is 32.2. The van der Waals surface area contributed by atoms with Crippen LogP contribution in [-0.4, -0.2) is 27.0 Å². The molecule has 7 heteroatoms. The van der Waals surface area contributed by atoms with E-state index in [9.17, 15) is 21.6 Å². The zero-order valence-electron chi connectivity index (χ0n) is 7.26. The maximum absolute atomic E-state index is 11.6. The first kappa shape index (κ1) is 12.7. The highest BCUT2D eigenvalue weighted by Crippen LogP contribution is 2.18. The molecule has 0 bridgehead atoms. The third-order valence-corrected chi connectivity index (χ3v) is 2.10. The van der Waals surface area contributed by atoms with E-state index in [1.54, 1.807) is 13.8 Å². The van der Waals surface area contributed by atoms with Gasteiger partial charge in [0.1, 0.15) is 0 Å². The van der Waals surface area contributed by atoms with Crippen molar-refractivity contribution in [3.05, 3.63) is 0 Å². The van der Waals surface area contributed by atoms with E-state index in [4.69, 9.17) is 0 Å². The van der Waals surface area contributed by atoms with Crippen LogP contribution in [0, 0.1) is 5.92 Å². The Kier molecular flexibility index (Phi) is 4.18. The standard InChI is InChI=1S/C6H11F3O3S/c1-5(2)3-12-13(10,11)4-6(7,8)9/h5H,3-4H2,1-2H3. The highest BCUT2D eigenvalue weighted by Gasteiger charge is 2.35. The lowest BCUT2D eigenvalue weighted by Gasteiger charge is -2.09. The maximum Gasteiger partial charge on any atom is 0.405 e. The molecule has 80 valence electrons. The highest BCUT2D eigenvalue weighted by molar-refractivity contribution is 7.86. The van der Waals surface area contributed by atoms with Gasteiger partial charge in [-0.25, -0.2) is 0 Å². The molecule has 0 radical (unpaired) electrons. The minimum absolute atomic E-state index is 0.122. The smallest absolute Gasteiger partial charge is 0.270 e. The maximum atomic E-state index is 11.6. The third-order valence-electron chi connectivity index (χ3n) is 0.921. The molecule has 0 N–H and O–H groups in total. The number of rotatable bonds is 4. The van der Waals surface area contributed by atoms with Gasteiger partial charge in [0.25, 0.3) is 10.1 Å². The predicted octanol–water partition coefficient (Wildman–Crippen LogP) is 1.55. The summed E-state index contributed by atoms with van der Waals surface area (Å²) in [6.07, 6.45) is -4.74. The van der Waals surface area contributed by atoms with E-state index >= 15 is 0 Å². The quantitative estimate of drug-likeness (QED) is 0.675. The molecule has 0 fully saturated rings. The number of alkyl halides is 3. The molecule has 0 unspecified atom stereocenters. The first-order chi connectivity index (χ1) is 5.62. The molecule has 0 heterocycles. The molecule has 0 saturated carbocycles. The fraction of sp³-hybridized carbons (Fsp3) is 1.00. The summed E-state index contributed by atoms with van der Waals surface area (Å²) in [5, 5.41) is 0. The molecule has 0 aliphatic carbocycles. The topological polar surface area (TPSA) is 43.4 Å². The van der Waals surface area contributed by atoms with Crippen LogP contribution in [-0.2, 0) is 14.3 Å². The summed E-state index contributed by atoms with van der Waals surface area (Å²) in [5.74, 6) is -2.05. The monoisotopic (exact) mass is 220 g/mol. The largest absolute Gasteiger partial charge is 0.405 e. The van der Waals surface area contributed by atoms with Gasteiger partial charge in [-0.05, 0) is 5.92 Å². The lowest BCUT2D eigenvalue weighted by atomic mass is 10.2. The molecule has 0 aliphatic heterocycles. The van der Waals surface area contributed by atoms with Crippen molar-refractivity contribution in [1.29, 1.82) is 0 Å². The Balaban J connectivity index is 4.11. The third kappa shape index (κ3) is 8.04. The van der Waals surface area contributed by atoms with E-state index in [1.807, 2.05) is 0 Å². The molecule has 0 rings (SSSR count). The molecular weight excluding hydrogens is 209 g/mol. The van der Waals surface area contributed by atoms with E-state index in [-0.39, 0.29) is 12.5 Å². The van der Waals surface area contributed by atoms with Gasteiger partial charge in [0, 0.05) is 0 Å². The van der Waals surface area contributed by atoms with E-state index in [0.717, 1.165) is 0 Å². The van der Waals surface area contributed by atoms with Crippen LogP contribution in [0.2, 0.25) is 0 Å². The summed E-state index contributed by atoms with van der Waals surface area (Å²) in [4.78, 5) is 0. The Morgan fingerprint density at radius 2 is 1.77 bits per heavy atom. The second kappa shape index (κ2) is 4.28. The summed E-state index contributed by atoms with van der Waals surface area (Å²) in [6.45, 7) is 3.06. The lowest BCUT2D eigenvalue weighted by molar-refractivity contribution is -0.107. The van der Waals surface area contributed by atoms with Crippen molar-refractivity contribution in [2.75, 3.05) is 12.4 Å². The van der Waals surface area contributed by atoms with E-state index in [0.29, 0.717) is 0 Å². The minimum Gasteiger partial charge on any atom is -0.270 e. The van der Waals surface area contributed by atoms with Crippen LogP contribution < -0.4 is 0 Å². The minimum atomic E-state index is -4.74. The van der Waals surface area contributed by atoms with Crippen molar-refractivity contribution >= 4 is 10.1 Å². The van der Waals surface area contributed by atoms with Gasteiger partial charge in [0.15, 0.2) is 5.75 Å². The molecule has 0 aromatic carbocycles. The molecular formula is C6H11F3O3S. The number of hydrogen-bond acceptors (Lipinski definition) is 3. The van der Waals surface area contributed by atoms with Gasteiger partial charge < -0.3 is 0 Å². The van der Waals surface area contributed by atoms with Crippen LogP contribution in [0.4, 0.5) is 13.2 Å². The number of halogens is 3. The van der Waals surface area contributed by atoms with Gasteiger partial charge in [-0.3, -0.25) is 4.18 Å². The average molecular weight is 220 g/mol. The normalized spacial score (nSPS) is 13.7. The zero-order chi connectivity index (χ0) is 10.7. The Morgan fingerprint density at radius 1 is 1.31 bits per heavy atom. The van der Waals surface area contributed by atoms with E-state index in [1.165, 1.54) is 0 Å². The second-order valence-corrected chi connectivity index (χ2v) is 4.64. The average Bonchev–Trinajstić information content (AvgIpc) is 1.78. The van der Waals surface area contributed by atoms with Crippen LogP contribution in [0.1, 0.15) is 13.8 Å². The molecule has 0 atom stereocenters. The van der Waals surface area contributed by atoms with Gasteiger partial charge >= 0.3 is 6.18 Å². The van der Waals surface area contributed by atoms with Crippen LogP contribution in [0.25, 0.3) is 0 Å². The SMILES string of the molecule is CC(C)COS(=O)(=O)CC(F)(F)F. The van der Waals surface area contributed by atoms with Crippen molar-refractivity contribution in [2.24, 2.45) is 5.92 Å². The molecule has 0 aliphatic rings. The molecule has 3 nitrogen and oxygen atoms in total. The van der Waals surface area contributed by atoms with Crippen LogP contribution in [0.3, 0.4) is 0 Å². The van der Waals surface area contributed by atoms with Crippen molar-refractivity contribution in [2.45, 2.75) is 20.0 Å². The fourth-order valence-electron chi connectivity index (χ4n) is 0.482. The van der Waals surface area contributed by atoms with E-state index in [2.05, 4.69) is 4.18 Å². The Labute approximate surface area is 75.0 Å². The van der Waals surface area contributed by atoms with Gasteiger partial charge in [-0.2, -0.15) is 21.6 Å². The van der Waals surface area contributed by atoms with Crippen molar-refractivity contribution in [1.82, 2.24) is 0 Å². The molecule has 0 amide bonds. The van der Waals surface area contributed by atoms with Crippen LogP contribution in [0.15, 0.2) is 0 Å². The molecule has 0 aromatic rings. The number of hydrogen-bond donors (Lipinski definition) is 0. The lowest BCUT2D eigenvalue weighted by Crippen LogP contribution is -2.25. The molecule has 0 spiro atoms. The summed E-state index contributed by atoms with van der Waals surface area (Å²) < 4.78 is 60.2. The molecule has 0 saturated heterocycles. The molecule has 13 heavy (non-hydrogen) atoms. The Morgan fingerprint density at radius 3 is 2.08 bits per heavy atom. The predicted molar refractivity (Wildman–Crippen MR) is 40.6 cm³/mol. The van der Waals surface area contributed by atoms with Crippen molar-refractivity contribution < 1.29 is 25.8 Å². The zero-order valence-corrected chi connectivity index (χ0v) is 8.07. The van der Waals surface area contributed by atoms with E-state index < -0.39 is 22.0 Å². The first-order valence-corrected chi connectivity index (χ1v) is 5.14. The summed E-state index contributed by atoms with van der Waals surface area (Å²) in [5.41, 5.74) is 0. The second-order valence-electron chi connectivity index (χ2n) is 3.00. The summed E-state index contributed by atoms with van der Waals surface area (Å²) >= 11 is 0. The van der Waals surface area contributed by atoms with Gasteiger partial charge in [0.2, 0.25) is 0 Å². The fourth-order valence-corrected chi connectivity index (χ4v) is 1.45. The summed E-state index contributed by atoms with van der Waals surface area (Å²) in [6, 6.07) is 0. The van der Waals surface area contributed by atoms with Gasteiger partial charge in [0.05, 0.1) is 6.61 Å². The Bertz CT molecular complexity index is 242. The molecule has 0 aromatic heterocycles. The van der Waals surface area contributed by atoms with Crippen molar-refractivity contribution in [3.8, 4) is 0 Å². The summed E-state index contributed by atoms with van der Waals surface area (Å²) in [7, 11) is -4.46. The Hall–Kier alpha value is -0.300. The van der Waals surface area contributed by atoms with Gasteiger partial charge in [-0.15, -0.1) is 0 Å². The van der Waals surface area contributed by atoms with Crippen LogP contribution >= 0.6 is 0 Å². The van der Waals surface area contributed by atoms with Crippen LogP contribution in [0.5, 0.6) is 0 Å². The van der Waals surface area contributed by atoms with Gasteiger partial charge in [-0.1, -0.05) is 13.8 Å².